The van der Waals surface area contributed by atoms with E-state index in [4.69, 9.17) is 14.2 Å². The molecule has 0 spiro atoms. The third-order valence-corrected chi connectivity index (χ3v) is 4.97. The molecule has 5 heteroatoms. The summed E-state index contributed by atoms with van der Waals surface area (Å²) in [7, 11) is 1.40. The van der Waals surface area contributed by atoms with Crippen molar-refractivity contribution in [3.63, 3.8) is 0 Å². The molecule has 0 radical (unpaired) electrons. The van der Waals surface area contributed by atoms with E-state index in [0.717, 1.165) is 12.0 Å². The van der Waals surface area contributed by atoms with Gasteiger partial charge in [-0.2, -0.15) is 0 Å². The molecule has 0 aliphatic heterocycles. The van der Waals surface area contributed by atoms with Crippen LogP contribution in [0.25, 0.3) is 11.1 Å². The highest BCUT2D eigenvalue weighted by Gasteiger charge is 2.44. The number of halogens is 1. The number of hydrogen-bond acceptors (Lipinski definition) is 4. The maximum absolute atomic E-state index is 14.4. The Morgan fingerprint density at radius 3 is 2.41 bits per heavy atom. The Balaban J connectivity index is 1.42. The van der Waals surface area contributed by atoms with E-state index >= 15 is 0 Å². The summed E-state index contributed by atoms with van der Waals surface area (Å²) in [6.45, 7) is 0.466. The van der Waals surface area contributed by atoms with Crippen LogP contribution in [0.1, 0.15) is 6.42 Å². The van der Waals surface area contributed by atoms with Crippen molar-refractivity contribution >= 4 is 5.97 Å². The van der Waals surface area contributed by atoms with Gasteiger partial charge in [-0.3, -0.25) is 4.79 Å². The number of hydrogen-bond donors (Lipinski definition) is 0. The summed E-state index contributed by atoms with van der Waals surface area (Å²) in [6.07, 6.45) is 0.796. The summed E-state index contributed by atoms with van der Waals surface area (Å²) in [5.41, 5.74) is 1.19. The topological polar surface area (TPSA) is 44.8 Å². The third kappa shape index (κ3) is 4.57. The first-order valence-electron chi connectivity index (χ1n) is 9.47. The molecule has 3 aromatic rings. The zero-order valence-electron chi connectivity index (χ0n) is 16.0. The van der Waals surface area contributed by atoms with Crippen LogP contribution in [-0.4, -0.2) is 19.7 Å². The van der Waals surface area contributed by atoms with E-state index in [1.54, 1.807) is 24.3 Å². The molecule has 0 amide bonds. The molecule has 148 valence electrons. The molecule has 1 saturated carbocycles. The summed E-state index contributed by atoms with van der Waals surface area (Å²) in [6, 6.07) is 21.3. The molecule has 4 nitrogen and oxygen atoms in total. The minimum Gasteiger partial charge on any atom is -0.493 e. The summed E-state index contributed by atoms with van der Waals surface area (Å²) in [4.78, 5) is 11.4. The van der Waals surface area contributed by atoms with Crippen LogP contribution < -0.4 is 9.47 Å². The number of para-hydroxylation sites is 1. The fourth-order valence-electron chi connectivity index (χ4n) is 3.22. The van der Waals surface area contributed by atoms with Crippen molar-refractivity contribution in [3.8, 4) is 28.4 Å². The lowest BCUT2D eigenvalue weighted by atomic mass is 10.0. The Morgan fingerprint density at radius 1 is 0.966 bits per heavy atom. The lowest BCUT2D eigenvalue weighted by Gasteiger charge is -2.10. The Morgan fingerprint density at radius 2 is 1.69 bits per heavy atom. The average Bonchev–Trinajstić information content (AvgIpc) is 3.54. The van der Waals surface area contributed by atoms with Gasteiger partial charge in [0.2, 0.25) is 0 Å². The molecule has 0 bridgehead atoms. The standard InChI is InChI=1S/C24H21FO4/c1-27-24(26)22-13-17(22)15-28-18-9-7-16(8-10-18)21-14-20(11-12-23(21)25)29-19-5-3-2-4-6-19/h2-12,14,17,22H,13,15H2,1H3/t17-,22-/m1/s1. The van der Waals surface area contributed by atoms with Gasteiger partial charge in [0.15, 0.2) is 0 Å². The van der Waals surface area contributed by atoms with Crippen molar-refractivity contribution in [3.05, 3.63) is 78.6 Å². The van der Waals surface area contributed by atoms with E-state index in [-0.39, 0.29) is 23.6 Å². The molecule has 0 aromatic heterocycles. The molecule has 1 aliphatic carbocycles. The predicted octanol–water partition coefficient (Wildman–Crippen LogP) is 5.47. The second-order valence-electron chi connectivity index (χ2n) is 7.02. The maximum atomic E-state index is 14.4. The van der Waals surface area contributed by atoms with Gasteiger partial charge in [0.25, 0.3) is 0 Å². The highest BCUT2D eigenvalue weighted by molar-refractivity contribution is 5.75. The van der Waals surface area contributed by atoms with E-state index in [1.165, 1.54) is 13.2 Å². The van der Waals surface area contributed by atoms with Gasteiger partial charge in [0.05, 0.1) is 19.6 Å². The zero-order chi connectivity index (χ0) is 20.2. The number of carbonyl (C=O) groups is 1. The van der Waals surface area contributed by atoms with E-state index in [0.29, 0.717) is 29.4 Å². The first-order valence-corrected chi connectivity index (χ1v) is 9.47. The summed E-state index contributed by atoms with van der Waals surface area (Å²) >= 11 is 0. The number of carbonyl (C=O) groups excluding carboxylic acids is 1. The van der Waals surface area contributed by atoms with E-state index in [1.807, 2.05) is 42.5 Å². The molecule has 3 aromatic carbocycles. The largest absolute Gasteiger partial charge is 0.493 e. The fraction of sp³-hybridized carbons (Fsp3) is 0.208. The van der Waals surface area contributed by atoms with Crippen LogP contribution in [0.15, 0.2) is 72.8 Å². The number of rotatable bonds is 7. The quantitative estimate of drug-likeness (QED) is 0.500. The number of methoxy groups -OCH3 is 1. The SMILES string of the molecule is COC(=O)[C@@H]1C[C@@H]1COc1ccc(-c2cc(Oc3ccccc3)ccc2F)cc1. The highest BCUT2D eigenvalue weighted by Crippen LogP contribution is 2.39. The Hall–Kier alpha value is -3.34. The molecule has 2 atom stereocenters. The smallest absolute Gasteiger partial charge is 0.309 e. The van der Waals surface area contributed by atoms with Crippen LogP contribution in [-0.2, 0) is 9.53 Å². The van der Waals surface area contributed by atoms with Gasteiger partial charge in [-0.25, -0.2) is 4.39 Å². The van der Waals surface area contributed by atoms with Gasteiger partial charge in [-0.1, -0.05) is 30.3 Å². The maximum Gasteiger partial charge on any atom is 0.309 e. The lowest BCUT2D eigenvalue weighted by molar-refractivity contribution is -0.142. The van der Waals surface area contributed by atoms with Crippen LogP contribution in [0.5, 0.6) is 17.2 Å². The van der Waals surface area contributed by atoms with Crippen LogP contribution in [0, 0.1) is 17.7 Å². The van der Waals surface area contributed by atoms with E-state index in [9.17, 15) is 9.18 Å². The Bertz CT molecular complexity index is 986. The molecule has 29 heavy (non-hydrogen) atoms. The first kappa shape index (κ1) is 19.0. The van der Waals surface area contributed by atoms with Crippen LogP contribution in [0.3, 0.4) is 0 Å². The molecule has 1 fully saturated rings. The Kier molecular flexibility index (Phi) is 5.47. The summed E-state index contributed by atoms with van der Waals surface area (Å²) in [5, 5.41) is 0. The molecular formula is C24H21FO4. The first-order chi connectivity index (χ1) is 14.1. The lowest BCUT2D eigenvalue weighted by Crippen LogP contribution is -2.08. The van der Waals surface area contributed by atoms with E-state index in [2.05, 4.69) is 0 Å². The van der Waals surface area contributed by atoms with Crippen LogP contribution >= 0.6 is 0 Å². The Labute approximate surface area is 168 Å². The molecular weight excluding hydrogens is 371 g/mol. The van der Waals surface area contributed by atoms with Crippen molar-refractivity contribution in [2.24, 2.45) is 11.8 Å². The van der Waals surface area contributed by atoms with Crippen LogP contribution in [0.2, 0.25) is 0 Å². The summed E-state index contributed by atoms with van der Waals surface area (Å²) < 4.78 is 30.7. The predicted molar refractivity (Wildman–Crippen MR) is 107 cm³/mol. The van der Waals surface area contributed by atoms with Gasteiger partial charge in [0.1, 0.15) is 23.1 Å². The van der Waals surface area contributed by atoms with E-state index < -0.39 is 0 Å². The van der Waals surface area contributed by atoms with Crippen molar-refractivity contribution in [2.75, 3.05) is 13.7 Å². The van der Waals surface area contributed by atoms with Crippen LogP contribution in [0.4, 0.5) is 4.39 Å². The molecule has 0 N–H and O–H groups in total. The number of esters is 1. The summed E-state index contributed by atoms with van der Waals surface area (Å²) in [5.74, 6) is 1.59. The van der Waals surface area contributed by atoms with Crippen molar-refractivity contribution in [1.29, 1.82) is 0 Å². The van der Waals surface area contributed by atoms with Gasteiger partial charge in [-0.05, 0) is 54.4 Å². The number of ether oxygens (including phenoxy) is 3. The number of benzene rings is 3. The average molecular weight is 392 g/mol. The third-order valence-electron chi connectivity index (χ3n) is 4.97. The molecule has 1 aliphatic rings. The molecule has 0 heterocycles. The second-order valence-corrected chi connectivity index (χ2v) is 7.02. The molecule has 0 saturated heterocycles. The zero-order valence-corrected chi connectivity index (χ0v) is 16.0. The van der Waals surface area contributed by atoms with Crippen molar-refractivity contribution in [1.82, 2.24) is 0 Å². The van der Waals surface area contributed by atoms with Crippen molar-refractivity contribution in [2.45, 2.75) is 6.42 Å². The van der Waals surface area contributed by atoms with Gasteiger partial charge < -0.3 is 14.2 Å². The minimum absolute atomic E-state index is 0.0549. The highest BCUT2D eigenvalue weighted by atomic mass is 19.1. The normalized spacial score (nSPS) is 17.4. The fourth-order valence-corrected chi connectivity index (χ4v) is 3.22. The monoisotopic (exact) mass is 392 g/mol. The van der Waals surface area contributed by atoms with Crippen molar-refractivity contribution < 1.29 is 23.4 Å². The van der Waals surface area contributed by atoms with Gasteiger partial charge >= 0.3 is 5.97 Å². The molecule has 0 unspecified atom stereocenters. The van der Waals surface area contributed by atoms with Gasteiger partial charge in [0, 0.05) is 11.5 Å². The minimum atomic E-state index is -0.321. The molecule has 4 rings (SSSR count). The van der Waals surface area contributed by atoms with Gasteiger partial charge in [-0.15, -0.1) is 0 Å². The second kappa shape index (κ2) is 8.35.